The van der Waals surface area contributed by atoms with E-state index in [0.717, 1.165) is 15.6 Å². The van der Waals surface area contributed by atoms with Gasteiger partial charge in [-0.3, -0.25) is 0 Å². The lowest BCUT2D eigenvalue weighted by Gasteiger charge is -2.13. The molecule has 0 saturated carbocycles. The van der Waals surface area contributed by atoms with Crippen molar-refractivity contribution in [1.82, 2.24) is 15.0 Å². The second-order valence-corrected chi connectivity index (χ2v) is 7.41. The second kappa shape index (κ2) is 5.81. The Morgan fingerprint density at radius 1 is 1.04 bits per heavy atom. The van der Waals surface area contributed by atoms with Crippen LogP contribution in [0.5, 0.6) is 0 Å². The van der Waals surface area contributed by atoms with Crippen molar-refractivity contribution >= 4 is 11.3 Å². The highest BCUT2D eigenvalue weighted by atomic mass is 32.1. The Morgan fingerprint density at radius 3 is 2.43 bits per heavy atom. The number of nitrogens with zero attached hydrogens (tertiary/aromatic N) is 3. The zero-order valence-corrected chi connectivity index (χ0v) is 14.4. The number of hydrogen-bond acceptors (Lipinski definition) is 4. The lowest BCUT2D eigenvalue weighted by atomic mass is 9.98. The van der Waals surface area contributed by atoms with Crippen LogP contribution in [0.4, 0.5) is 4.39 Å². The fraction of sp³-hybridized carbons (Fsp3) is 0.278. The third kappa shape index (κ3) is 3.15. The predicted octanol–water partition coefficient (Wildman–Crippen LogP) is 5.01. The van der Waals surface area contributed by atoms with Gasteiger partial charge in [0.1, 0.15) is 11.6 Å². The van der Waals surface area contributed by atoms with Crippen molar-refractivity contribution in [3.05, 3.63) is 53.2 Å². The fourth-order valence-electron chi connectivity index (χ4n) is 2.23. The monoisotopic (exact) mass is 327 g/mol. The van der Waals surface area contributed by atoms with Crippen molar-refractivity contribution in [3.63, 3.8) is 0 Å². The van der Waals surface area contributed by atoms with Gasteiger partial charge in [-0.25, -0.2) is 19.3 Å². The summed E-state index contributed by atoms with van der Waals surface area (Å²) in [6.07, 6.45) is 1.72. The topological polar surface area (TPSA) is 38.7 Å². The molecule has 0 aliphatic heterocycles. The first-order valence-corrected chi connectivity index (χ1v) is 8.24. The lowest BCUT2D eigenvalue weighted by Crippen LogP contribution is -2.10. The van der Waals surface area contributed by atoms with Crippen molar-refractivity contribution < 1.29 is 4.39 Å². The van der Waals surface area contributed by atoms with E-state index in [0.29, 0.717) is 17.1 Å². The maximum absolute atomic E-state index is 14.3. The van der Waals surface area contributed by atoms with Gasteiger partial charge in [0.15, 0.2) is 0 Å². The van der Waals surface area contributed by atoms with Gasteiger partial charge in [-0.1, -0.05) is 32.9 Å². The average molecular weight is 327 g/mol. The van der Waals surface area contributed by atoms with E-state index >= 15 is 0 Å². The van der Waals surface area contributed by atoms with Crippen LogP contribution in [0.25, 0.3) is 21.8 Å². The van der Waals surface area contributed by atoms with E-state index in [1.165, 1.54) is 6.07 Å². The van der Waals surface area contributed by atoms with Crippen LogP contribution in [-0.4, -0.2) is 15.0 Å². The van der Waals surface area contributed by atoms with Gasteiger partial charge in [-0.05, 0) is 25.1 Å². The van der Waals surface area contributed by atoms with Gasteiger partial charge < -0.3 is 0 Å². The third-order valence-electron chi connectivity index (χ3n) is 3.41. The predicted molar refractivity (Wildman–Crippen MR) is 92.0 cm³/mol. The normalized spacial score (nSPS) is 11.7. The van der Waals surface area contributed by atoms with E-state index in [2.05, 4.69) is 30.7 Å². The van der Waals surface area contributed by atoms with Crippen molar-refractivity contribution in [1.29, 1.82) is 0 Å². The van der Waals surface area contributed by atoms with Crippen LogP contribution in [0.15, 0.2) is 36.5 Å². The molecule has 0 fully saturated rings. The molecule has 2 aromatic heterocycles. The Hall–Kier alpha value is -2.14. The summed E-state index contributed by atoms with van der Waals surface area (Å²) in [6.45, 7) is 8.15. The molecule has 0 N–H and O–H groups in total. The molecular weight excluding hydrogens is 309 g/mol. The van der Waals surface area contributed by atoms with Gasteiger partial charge in [0.25, 0.3) is 0 Å². The van der Waals surface area contributed by atoms with E-state index in [-0.39, 0.29) is 11.2 Å². The lowest BCUT2D eigenvalue weighted by molar-refractivity contribution is 0.585. The Labute approximate surface area is 139 Å². The van der Waals surface area contributed by atoms with Crippen molar-refractivity contribution in [2.24, 2.45) is 0 Å². The molecule has 3 rings (SSSR count). The van der Waals surface area contributed by atoms with Gasteiger partial charge in [-0.15, -0.1) is 11.3 Å². The number of aromatic nitrogens is 3. The highest BCUT2D eigenvalue weighted by molar-refractivity contribution is 7.15. The Morgan fingerprint density at radius 2 is 1.78 bits per heavy atom. The van der Waals surface area contributed by atoms with E-state index in [1.54, 1.807) is 29.7 Å². The van der Waals surface area contributed by atoms with E-state index < -0.39 is 0 Å². The molecule has 0 aliphatic rings. The smallest absolute Gasteiger partial charge is 0.132 e. The average Bonchev–Trinajstić information content (AvgIpc) is 2.93. The Balaban J connectivity index is 2.26. The summed E-state index contributed by atoms with van der Waals surface area (Å²) in [5.74, 6) is 0.415. The van der Waals surface area contributed by atoms with Gasteiger partial charge in [0.2, 0.25) is 0 Å². The molecule has 118 valence electrons. The Kier molecular flexibility index (Phi) is 3.98. The highest BCUT2D eigenvalue weighted by Crippen LogP contribution is 2.40. The number of hydrogen-bond donors (Lipinski definition) is 0. The minimum Gasteiger partial charge on any atom is -0.242 e. The van der Waals surface area contributed by atoms with E-state index in [9.17, 15) is 4.39 Å². The van der Waals surface area contributed by atoms with Crippen molar-refractivity contribution in [3.8, 4) is 21.8 Å². The minimum absolute atomic E-state index is 0.106. The quantitative estimate of drug-likeness (QED) is 0.664. The number of thiazole rings is 1. The van der Waals surface area contributed by atoms with Crippen LogP contribution in [0.1, 0.15) is 31.6 Å². The Bertz CT molecular complexity index is 849. The zero-order chi connectivity index (χ0) is 16.6. The summed E-state index contributed by atoms with van der Waals surface area (Å²) in [7, 11) is 0. The summed E-state index contributed by atoms with van der Waals surface area (Å²) in [6, 6.07) is 8.57. The zero-order valence-electron chi connectivity index (χ0n) is 13.6. The van der Waals surface area contributed by atoms with Crippen LogP contribution in [0.3, 0.4) is 0 Å². The molecule has 0 radical (unpaired) electrons. The summed E-state index contributed by atoms with van der Waals surface area (Å²) in [4.78, 5) is 14.2. The van der Waals surface area contributed by atoms with Crippen LogP contribution in [0.2, 0.25) is 0 Å². The molecule has 5 heteroatoms. The van der Waals surface area contributed by atoms with Crippen LogP contribution in [0, 0.1) is 12.7 Å². The van der Waals surface area contributed by atoms with E-state index in [4.69, 9.17) is 4.98 Å². The van der Waals surface area contributed by atoms with Crippen molar-refractivity contribution in [2.45, 2.75) is 33.1 Å². The van der Waals surface area contributed by atoms with Gasteiger partial charge in [0.05, 0.1) is 21.3 Å². The molecule has 0 aliphatic carbocycles. The maximum Gasteiger partial charge on any atom is 0.132 e. The molecule has 0 atom stereocenters. The van der Waals surface area contributed by atoms with Gasteiger partial charge >= 0.3 is 0 Å². The molecule has 0 unspecified atom stereocenters. The molecule has 0 saturated heterocycles. The minimum atomic E-state index is -0.273. The number of aryl methyl sites for hydroxylation is 1. The molecule has 0 bridgehead atoms. The highest BCUT2D eigenvalue weighted by Gasteiger charge is 2.24. The molecule has 1 aromatic carbocycles. The first kappa shape index (κ1) is 15.7. The van der Waals surface area contributed by atoms with Crippen molar-refractivity contribution in [2.75, 3.05) is 0 Å². The van der Waals surface area contributed by atoms with Gasteiger partial charge in [0, 0.05) is 17.2 Å². The summed E-state index contributed by atoms with van der Waals surface area (Å²) in [5.41, 5.74) is 1.83. The molecule has 3 nitrogen and oxygen atoms in total. The first-order chi connectivity index (χ1) is 10.9. The molecule has 2 heterocycles. The van der Waals surface area contributed by atoms with Gasteiger partial charge in [-0.2, -0.15) is 0 Å². The van der Waals surface area contributed by atoms with E-state index in [1.807, 2.05) is 19.1 Å². The number of rotatable bonds is 2. The molecule has 3 aromatic rings. The molecular formula is C18H18FN3S. The van der Waals surface area contributed by atoms with Crippen LogP contribution in [-0.2, 0) is 5.41 Å². The molecule has 23 heavy (non-hydrogen) atoms. The summed E-state index contributed by atoms with van der Waals surface area (Å²) < 4.78 is 14.3. The number of benzene rings is 1. The number of halogens is 1. The molecule has 0 amide bonds. The fourth-order valence-corrected chi connectivity index (χ4v) is 3.34. The largest absolute Gasteiger partial charge is 0.242 e. The molecule has 0 spiro atoms. The first-order valence-electron chi connectivity index (χ1n) is 7.42. The third-order valence-corrected chi connectivity index (χ3v) is 4.91. The maximum atomic E-state index is 14.3. The SMILES string of the molecule is Cc1nccc(-c2sc(C(C)(C)C)nc2-c2ccccc2F)n1. The standard InChI is InChI=1S/C18H18FN3S/c1-11-20-10-9-14(21-11)16-15(12-7-5-6-8-13(12)19)22-17(23-16)18(2,3)4/h5-10H,1-4H3. The van der Waals surface area contributed by atoms with Crippen LogP contribution < -0.4 is 0 Å². The summed E-state index contributed by atoms with van der Waals surface area (Å²) >= 11 is 1.56. The van der Waals surface area contributed by atoms with Crippen LogP contribution >= 0.6 is 11.3 Å². The second-order valence-electron chi connectivity index (χ2n) is 6.42. The summed E-state index contributed by atoms with van der Waals surface area (Å²) in [5, 5.41) is 0.960.